The minimum Gasteiger partial charge on any atom is -0.390 e. The fraction of sp³-hybridized carbons (Fsp3) is 0.719. The first-order chi connectivity index (χ1) is 17.7. The second-order valence-electron chi connectivity index (χ2n) is 13.6. The summed E-state index contributed by atoms with van der Waals surface area (Å²) < 4.78 is 0. The molecule has 4 N–H and O–H groups in total. The Morgan fingerprint density at radius 2 is 1.86 bits per heavy atom. The Hall–Kier alpha value is -1.85. The van der Waals surface area contributed by atoms with Crippen LogP contribution in [0.2, 0.25) is 0 Å². The van der Waals surface area contributed by atoms with Crippen LogP contribution in [0.1, 0.15) is 97.0 Å². The van der Waals surface area contributed by atoms with Crippen molar-refractivity contribution in [1.82, 2.24) is 15.6 Å². The molecule has 1 aromatic heterocycles. The van der Waals surface area contributed by atoms with Crippen molar-refractivity contribution in [3.8, 4) is 0 Å². The summed E-state index contributed by atoms with van der Waals surface area (Å²) in [5.41, 5.74) is 2.08. The maximum absolute atomic E-state index is 13.1. The van der Waals surface area contributed by atoms with Gasteiger partial charge in [0.05, 0.1) is 5.60 Å². The van der Waals surface area contributed by atoms with Gasteiger partial charge in [0.25, 0.3) is 0 Å². The highest BCUT2D eigenvalue weighted by molar-refractivity contribution is 5.83. The number of carbonyl (C=O) groups excluding carboxylic acids is 1. The Morgan fingerprint density at radius 3 is 2.68 bits per heavy atom. The highest BCUT2D eigenvalue weighted by atomic mass is 16.3. The molecule has 3 fully saturated rings. The Kier molecular flexibility index (Phi) is 7.75. The third-order valence-corrected chi connectivity index (χ3v) is 10.4. The monoisotopic (exact) mass is 507 g/mol. The highest BCUT2D eigenvalue weighted by Crippen LogP contribution is 2.63. The Balaban J connectivity index is 1.22. The molecule has 37 heavy (non-hydrogen) atoms. The number of aliphatic hydroxyl groups is 1. The lowest BCUT2D eigenvalue weighted by Crippen LogP contribution is -2.52. The van der Waals surface area contributed by atoms with E-state index in [9.17, 15) is 9.90 Å². The quantitative estimate of drug-likeness (QED) is 0.331. The lowest BCUT2D eigenvalue weighted by atomic mass is 9.57. The van der Waals surface area contributed by atoms with E-state index in [1.54, 1.807) is 0 Å². The number of hydrogen-bond donors (Lipinski definition) is 4. The zero-order chi connectivity index (χ0) is 26.1. The van der Waals surface area contributed by atoms with E-state index in [1.165, 1.54) is 43.1 Å². The van der Waals surface area contributed by atoms with Gasteiger partial charge in [0.2, 0.25) is 5.91 Å². The minimum absolute atomic E-state index is 0.0919. The molecule has 3 aliphatic carbocycles. The van der Waals surface area contributed by atoms with Gasteiger partial charge in [0.1, 0.15) is 0 Å². The van der Waals surface area contributed by atoms with Crippen LogP contribution in [0.25, 0.3) is 10.9 Å². The highest BCUT2D eigenvalue weighted by Gasteiger charge is 2.61. The number of benzene rings is 1. The van der Waals surface area contributed by atoms with Crippen molar-refractivity contribution in [2.24, 2.45) is 22.7 Å². The number of amides is 1. The van der Waals surface area contributed by atoms with Gasteiger partial charge in [-0.05, 0) is 99.1 Å². The van der Waals surface area contributed by atoms with Crippen LogP contribution in [0, 0.1) is 22.7 Å². The summed E-state index contributed by atoms with van der Waals surface area (Å²) in [6.07, 6.45) is 15.1. The van der Waals surface area contributed by atoms with E-state index in [-0.39, 0.29) is 16.7 Å². The Morgan fingerprint density at radius 1 is 1.08 bits per heavy atom. The summed E-state index contributed by atoms with van der Waals surface area (Å²) in [5, 5.41) is 19.6. The number of aromatic amines is 1. The van der Waals surface area contributed by atoms with E-state index in [0.29, 0.717) is 24.9 Å². The number of carbonyl (C=O) groups is 1. The van der Waals surface area contributed by atoms with Crippen LogP contribution in [0.15, 0.2) is 30.5 Å². The topological polar surface area (TPSA) is 77.2 Å². The third kappa shape index (κ3) is 5.78. The molecule has 0 radical (unpaired) electrons. The van der Waals surface area contributed by atoms with Crippen LogP contribution < -0.4 is 10.6 Å². The first kappa shape index (κ1) is 26.7. The molecular formula is C32H49N3O2. The molecule has 0 aliphatic heterocycles. The second-order valence-corrected chi connectivity index (χ2v) is 13.6. The normalized spacial score (nSPS) is 31.9. The molecule has 1 aromatic carbocycles. The molecule has 0 bridgehead atoms. The molecule has 0 saturated heterocycles. The summed E-state index contributed by atoms with van der Waals surface area (Å²) in [6, 6.07) is 8.78. The first-order valence-corrected chi connectivity index (χ1v) is 15.0. The molecule has 5 nitrogen and oxygen atoms in total. The number of aromatic nitrogens is 1. The number of H-pyrrole nitrogens is 1. The number of rotatable bonds is 9. The third-order valence-electron chi connectivity index (χ3n) is 10.4. The summed E-state index contributed by atoms with van der Waals surface area (Å²) in [6.45, 7) is 8.60. The summed E-state index contributed by atoms with van der Waals surface area (Å²) >= 11 is 0. The zero-order valence-electron chi connectivity index (χ0n) is 23.4. The molecular weight excluding hydrogens is 458 g/mol. The van der Waals surface area contributed by atoms with Crippen LogP contribution in [0.5, 0.6) is 0 Å². The van der Waals surface area contributed by atoms with Crippen LogP contribution >= 0.6 is 0 Å². The van der Waals surface area contributed by atoms with E-state index in [1.807, 2.05) is 13.0 Å². The molecule has 0 unspecified atom stereocenters. The van der Waals surface area contributed by atoms with Gasteiger partial charge in [-0.15, -0.1) is 0 Å². The zero-order valence-corrected chi connectivity index (χ0v) is 23.4. The van der Waals surface area contributed by atoms with E-state index in [2.05, 4.69) is 53.9 Å². The fourth-order valence-corrected chi connectivity index (χ4v) is 8.32. The molecule has 2 aromatic rings. The van der Waals surface area contributed by atoms with Gasteiger partial charge in [-0.2, -0.15) is 0 Å². The maximum Gasteiger partial charge on any atom is 0.220 e. The van der Waals surface area contributed by atoms with Gasteiger partial charge in [0.15, 0.2) is 0 Å². The predicted octanol–water partition coefficient (Wildman–Crippen LogP) is 6.11. The Bertz CT molecular complexity index is 1070. The molecule has 204 valence electrons. The number of para-hydroxylation sites is 1. The lowest BCUT2D eigenvalue weighted by molar-refractivity contribution is -0.123. The van der Waals surface area contributed by atoms with Gasteiger partial charge < -0.3 is 20.7 Å². The maximum atomic E-state index is 13.1. The first-order valence-electron chi connectivity index (χ1n) is 15.0. The molecule has 4 atom stereocenters. The van der Waals surface area contributed by atoms with E-state index >= 15 is 0 Å². The molecule has 5 heteroatoms. The Labute approximate surface area is 223 Å². The van der Waals surface area contributed by atoms with Crippen molar-refractivity contribution in [1.29, 1.82) is 0 Å². The number of fused-ring (bicyclic) bond motifs is 2. The van der Waals surface area contributed by atoms with Crippen molar-refractivity contribution in [2.75, 3.05) is 13.1 Å². The molecule has 1 heterocycles. The van der Waals surface area contributed by atoms with Crippen molar-refractivity contribution in [3.63, 3.8) is 0 Å². The van der Waals surface area contributed by atoms with E-state index in [4.69, 9.17) is 0 Å². The van der Waals surface area contributed by atoms with Crippen LogP contribution in [0.3, 0.4) is 0 Å². The van der Waals surface area contributed by atoms with Crippen LogP contribution in [-0.4, -0.2) is 40.7 Å². The molecule has 3 saturated carbocycles. The van der Waals surface area contributed by atoms with Gasteiger partial charge >= 0.3 is 0 Å². The molecule has 3 aliphatic rings. The molecule has 0 spiro atoms. The van der Waals surface area contributed by atoms with Gasteiger partial charge in [-0.1, -0.05) is 51.3 Å². The summed E-state index contributed by atoms with van der Waals surface area (Å²) in [4.78, 5) is 16.4. The smallest absolute Gasteiger partial charge is 0.220 e. The number of nitrogens with one attached hydrogen (secondary N) is 3. The summed E-state index contributed by atoms with van der Waals surface area (Å²) in [7, 11) is 0. The van der Waals surface area contributed by atoms with Crippen molar-refractivity contribution in [3.05, 3.63) is 36.0 Å². The van der Waals surface area contributed by atoms with Gasteiger partial charge in [-0.3, -0.25) is 4.79 Å². The van der Waals surface area contributed by atoms with Crippen LogP contribution in [0.4, 0.5) is 0 Å². The molecule has 1 amide bonds. The van der Waals surface area contributed by atoms with Crippen molar-refractivity contribution in [2.45, 2.75) is 109 Å². The lowest BCUT2D eigenvalue weighted by Gasteiger charge is -2.51. The predicted molar refractivity (Wildman–Crippen MR) is 151 cm³/mol. The average molecular weight is 508 g/mol. The fourth-order valence-electron chi connectivity index (χ4n) is 8.32. The minimum atomic E-state index is -0.592. The number of hydrogen-bond acceptors (Lipinski definition) is 3. The van der Waals surface area contributed by atoms with Crippen molar-refractivity contribution >= 4 is 16.8 Å². The largest absolute Gasteiger partial charge is 0.390 e. The van der Waals surface area contributed by atoms with E-state index in [0.717, 1.165) is 56.5 Å². The molecule has 5 rings (SSSR count). The standard InChI is InChI=1S/C32H49N3O2/c1-30(2)20-28(35-21-23-9-5-4-6-10-23)32(17-16-31(3,37)19-27(30)32)15-13-29(36)33-18-14-24-22-34-26-12-8-7-11-25(24)26/h7-8,11-12,22-23,27-28,34-35,37H,4-6,9-10,13-21H2,1-3H3,(H,33,36)/t27-,28-,31-,32-/m0/s1. The van der Waals surface area contributed by atoms with E-state index < -0.39 is 5.60 Å². The van der Waals surface area contributed by atoms with Crippen LogP contribution in [-0.2, 0) is 11.2 Å². The second kappa shape index (κ2) is 10.7. The van der Waals surface area contributed by atoms with Gasteiger partial charge in [0, 0.05) is 36.1 Å². The van der Waals surface area contributed by atoms with Gasteiger partial charge in [-0.25, -0.2) is 0 Å². The SMILES string of the molecule is CC1(C)C[C@H](NCC2CCCCC2)[C@@]2(CCC(=O)NCCc3c[nH]c4ccccc34)CC[C@](C)(O)C[C@@H]12. The summed E-state index contributed by atoms with van der Waals surface area (Å²) in [5.74, 6) is 1.40. The average Bonchev–Trinajstić information content (AvgIpc) is 3.38. The van der Waals surface area contributed by atoms with Crippen molar-refractivity contribution < 1.29 is 9.90 Å².